The van der Waals surface area contributed by atoms with Gasteiger partial charge in [0.25, 0.3) is 5.24 Å². The molecule has 1 heterocycles. The van der Waals surface area contributed by atoms with E-state index < -0.39 is 11.2 Å². The SMILES string of the molecule is Nc1cc(C(=O)Cl)cc(F)n1. The first-order valence-electron chi connectivity index (χ1n) is 2.72. The molecular weight excluding hydrogens is 171 g/mol. The van der Waals surface area contributed by atoms with Crippen LogP contribution in [0.5, 0.6) is 0 Å². The van der Waals surface area contributed by atoms with E-state index in [2.05, 4.69) is 4.98 Å². The maximum Gasteiger partial charge on any atom is 0.252 e. The van der Waals surface area contributed by atoms with Crippen LogP contribution in [0.1, 0.15) is 10.4 Å². The Kier molecular flexibility index (Phi) is 2.05. The van der Waals surface area contributed by atoms with Gasteiger partial charge in [-0.1, -0.05) is 0 Å². The topological polar surface area (TPSA) is 56.0 Å². The lowest BCUT2D eigenvalue weighted by Crippen LogP contribution is -1.97. The predicted molar refractivity (Wildman–Crippen MR) is 38.8 cm³/mol. The summed E-state index contributed by atoms with van der Waals surface area (Å²) in [6.07, 6.45) is 0. The van der Waals surface area contributed by atoms with Crippen LogP contribution in [0.15, 0.2) is 12.1 Å². The Labute approximate surface area is 67.0 Å². The molecule has 11 heavy (non-hydrogen) atoms. The number of carbonyl (C=O) groups is 1. The molecule has 0 fully saturated rings. The highest BCUT2D eigenvalue weighted by Gasteiger charge is 2.04. The second-order valence-electron chi connectivity index (χ2n) is 1.88. The van der Waals surface area contributed by atoms with Crippen LogP contribution in [0.2, 0.25) is 0 Å². The molecule has 0 unspecified atom stereocenters. The Morgan fingerprint density at radius 1 is 1.64 bits per heavy atom. The summed E-state index contributed by atoms with van der Waals surface area (Å²) in [7, 11) is 0. The number of aromatic nitrogens is 1. The zero-order valence-corrected chi connectivity index (χ0v) is 6.10. The Hall–Kier alpha value is -1.16. The van der Waals surface area contributed by atoms with Crippen molar-refractivity contribution in [2.24, 2.45) is 0 Å². The van der Waals surface area contributed by atoms with Gasteiger partial charge in [0, 0.05) is 11.6 Å². The number of carbonyl (C=O) groups excluding carboxylic acids is 1. The minimum absolute atomic E-state index is 0.0108. The largest absolute Gasteiger partial charge is 0.384 e. The minimum atomic E-state index is -0.811. The van der Waals surface area contributed by atoms with Crippen LogP contribution in [0, 0.1) is 5.95 Å². The number of halogens is 2. The standard InChI is InChI=1S/C6H4ClFN2O/c7-6(11)3-1-4(8)10-5(9)2-3/h1-2H,(H2,9,10). The molecule has 1 aromatic rings. The highest BCUT2D eigenvalue weighted by atomic mass is 35.5. The van der Waals surface area contributed by atoms with Gasteiger partial charge in [-0.05, 0) is 17.7 Å². The van der Waals surface area contributed by atoms with E-state index in [1.54, 1.807) is 0 Å². The van der Waals surface area contributed by atoms with Crippen LogP contribution in [-0.4, -0.2) is 10.2 Å². The quantitative estimate of drug-likeness (QED) is 0.514. The number of hydrogen-bond acceptors (Lipinski definition) is 3. The third-order valence-electron chi connectivity index (χ3n) is 1.04. The number of anilines is 1. The lowest BCUT2D eigenvalue weighted by atomic mass is 10.3. The Morgan fingerprint density at radius 2 is 2.27 bits per heavy atom. The third-order valence-corrected chi connectivity index (χ3v) is 1.26. The molecule has 0 atom stereocenters. The fraction of sp³-hybridized carbons (Fsp3) is 0. The van der Waals surface area contributed by atoms with E-state index in [9.17, 15) is 9.18 Å². The molecule has 5 heteroatoms. The second-order valence-corrected chi connectivity index (χ2v) is 2.22. The Balaban J connectivity index is 3.19. The third kappa shape index (κ3) is 1.88. The number of hydrogen-bond donors (Lipinski definition) is 1. The summed E-state index contributed by atoms with van der Waals surface area (Å²) in [6, 6.07) is 2.13. The molecule has 0 aliphatic rings. The summed E-state index contributed by atoms with van der Waals surface area (Å²) >= 11 is 5.06. The Bertz CT molecular complexity index is 282. The molecule has 1 aromatic heterocycles. The van der Waals surface area contributed by atoms with Crippen LogP contribution >= 0.6 is 11.6 Å². The van der Waals surface area contributed by atoms with Gasteiger partial charge in [-0.25, -0.2) is 4.98 Å². The fourth-order valence-electron chi connectivity index (χ4n) is 0.631. The number of pyridine rings is 1. The fourth-order valence-corrected chi connectivity index (χ4v) is 0.740. The van der Waals surface area contributed by atoms with Gasteiger partial charge in [0.2, 0.25) is 5.95 Å². The average molecular weight is 175 g/mol. The number of rotatable bonds is 1. The first-order valence-corrected chi connectivity index (χ1v) is 3.10. The van der Waals surface area contributed by atoms with Gasteiger partial charge >= 0.3 is 0 Å². The van der Waals surface area contributed by atoms with Crippen LogP contribution in [0.3, 0.4) is 0 Å². The molecule has 0 saturated heterocycles. The predicted octanol–water partition coefficient (Wildman–Crippen LogP) is 1.18. The van der Waals surface area contributed by atoms with E-state index in [0.717, 1.165) is 6.07 Å². The molecule has 2 N–H and O–H groups in total. The minimum Gasteiger partial charge on any atom is -0.384 e. The number of nitrogen functional groups attached to an aromatic ring is 1. The molecule has 0 aliphatic carbocycles. The maximum atomic E-state index is 12.4. The molecule has 0 amide bonds. The van der Waals surface area contributed by atoms with Crippen LogP contribution in [-0.2, 0) is 0 Å². The lowest BCUT2D eigenvalue weighted by Gasteiger charge is -1.95. The van der Waals surface area contributed by atoms with Crippen molar-refractivity contribution in [3.05, 3.63) is 23.6 Å². The van der Waals surface area contributed by atoms with Crippen molar-refractivity contribution in [1.29, 1.82) is 0 Å². The molecule has 0 spiro atoms. The van der Waals surface area contributed by atoms with Crippen molar-refractivity contribution in [3.63, 3.8) is 0 Å². The van der Waals surface area contributed by atoms with Crippen molar-refractivity contribution >= 4 is 22.7 Å². The molecule has 0 aliphatic heterocycles. The molecule has 0 radical (unpaired) electrons. The molecular formula is C6H4ClFN2O. The summed E-state index contributed by atoms with van der Waals surface area (Å²) in [5.74, 6) is -0.872. The van der Waals surface area contributed by atoms with E-state index in [4.69, 9.17) is 17.3 Å². The average Bonchev–Trinajstić information content (AvgIpc) is 1.85. The zero-order valence-electron chi connectivity index (χ0n) is 5.34. The summed E-state index contributed by atoms with van der Waals surface area (Å²) in [5, 5.41) is -0.752. The lowest BCUT2D eigenvalue weighted by molar-refractivity contribution is 0.108. The maximum absolute atomic E-state index is 12.4. The van der Waals surface area contributed by atoms with Crippen LogP contribution < -0.4 is 5.73 Å². The smallest absolute Gasteiger partial charge is 0.252 e. The van der Waals surface area contributed by atoms with Crippen molar-refractivity contribution in [3.8, 4) is 0 Å². The van der Waals surface area contributed by atoms with E-state index >= 15 is 0 Å². The highest BCUT2D eigenvalue weighted by Crippen LogP contribution is 2.08. The molecule has 58 valence electrons. The first kappa shape index (κ1) is 7.94. The van der Waals surface area contributed by atoms with Crippen molar-refractivity contribution in [1.82, 2.24) is 4.98 Å². The van der Waals surface area contributed by atoms with Gasteiger partial charge in [-0.3, -0.25) is 4.79 Å². The monoisotopic (exact) mass is 174 g/mol. The number of nitrogens with two attached hydrogens (primary N) is 1. The molecule has 1 rings (SSSR count). The molecule has 0 aromatic carbocycles. The van der Waals surface area contributed by atoms with Crippen molar-refractivity contribution in [2.75, 3.05) is 5.73 Å². The van der Waals surface area contributed by atoms with E-state index in [-0.39, 0.29) is 11.4 Å². The summed E-state index contributed by atoms with van der Waals surface area (Å²) in [5.41, 5.74) is 5.15. The summed E-state index contributed by atoms with van der Waals surface area (Å²) < 4.78 is 12.4. The van der Waals surface area contributed by atoms with E-state index in [0.29, 0.717) is 0 Å². The Morgan fingerprint density at radius 3 is 2.73 bits per heavy atom. The molecule has 0 saturated carbocycles. The number of nitrogens with zero attached hydrogens (tertiary/aromatic N) is 1. The van der Waals surface area contributed by atoms with Gasteiger partial charge < -0.3 is 5.73 Å². The summed E-state index contributed by atoms with van der Waals surface area (Å²) in [4.78, 5) is 13.7. The van der Waals surface area contributed by atoms with Gasteiger partial charge in [0.15, 0.2) is 0 Å². The summed E-state index contributed by atoms with van der Waals surface area (Å²) in [6.45, 7) is 0. The molecule has 0 bridgehead atoms. The highest BCUT2D eigenvalue weighted by molar-refractivity contribution is 6.67. The van der Waals surface area contributed by atoms with E-state index in [1.165, 1.54) is 6.07 Å². The van der Waals surface area contributed by atoms with Gasteiger partial charge in [0.1, 0.15) is 5.82 Å². The van der Waals surface area contributed by atoms with Crippen molar-refractivity contribution in [2.45, 2.75) is 0 Å². The van der Waals surface area contributed by atoms with Crippen LogP contribution in [0.25, 0.3) is 0 Å². The van der Waals surface area contributed by atoms with Gasteiger partial charge in [-0.15, -0.1) is 0 Å². The first-order chi connectivity index (χ1) is 5.09. The molecule has 3 nitrogen and oxygen atoms in total. The normalized spacial score (nSPS) is 9.64. The van der Waals surface area contributed by atoms with Crippen molar-refractivity contribution < 1.29 is 9.18 Å². The van der Waals surface area contributed by atoms with Crippen LogP contribution in [0.4, 0.5) is 10.2 Å². The second kappa shape index (κ2) is 2.84. The van der Waals surface area contributed by atoms with E-state index in [1.807, 2.05) is 0 Å². The van der Waals surface area contributed by atoms with Gasteiger partial charge in [-0.2, -0.15) is 4.39 Å². The zero-order chi connectivity index (χ0) is 8.43. The van der Waals surface area contributed by atoms with Gasteiger partial charge in [0.05, 0.1) is 0 Å².